The van der Waals surface area contributed by atoms with Crippen molar-refractivity contribution >= 4 is 23.2 Å². The highest BCUT2D eigenvalue weighted by atomic mass is 16.7. The van der Waals surface area contributed by atoms with E-state index in [9.17, 15) is 14.7 Å². The second-order valence-corrected chi connectivity index (χ2v) is 6.78. The summed E-state index contributed by atoms with van der Waals surface area (Å²) in [7, 11) is 0. The number of hydrogen-bond donors (Lipinski definition) is 0. The van der Waals surface area contributed by atoms with Gasteiger partial charge in [0.2, 0.25) is 17.7 Å². The van der Waals surface area contributed by atoms with Gasteiger partial charge < -0.3 is 14.5 Å². The van der Waals surface area contributed by atoms with E-state index in [-0.39, 0.29) is 11.4 Å². The van der Waals surface area contributed by atoms with Crippen LogP contribution in [0.25, 0.3) is 5.69 Å². The second kappa shape index (κ2) is 6.26. The number of nitrogens with zero attached hydrogens (tertiary/aromatic N) is 4. The molecule has 0 aliphatic carbocycles. The topological polar surface area (TPSA) is 112 Å². The Labute approximate surface area is 164 Å². The molecule has 144 valence electrons. The molecule has 1 fully saturated rings. The van der Waals surface area contributed by atoms with Crippen LogP contribution in [-0.2, 0) is 14.4 Å². The Morgan fingerprint density at radius 1 is 1.03 bits per heavy atom. The van der Waals surface area contributed by atoms with Crippen molar-refractivity contribution in [2.24, 2.45) is 11.1 Å². The highest BCUT2D eigenvalue weighted by Gasteiger charge is 2.58. The smallest absolute Gasteiger partial charge is 0.289 e. The zero-order valence-electron chi connectivity index (χ0n) is 15.2. The first kappa shape index (κ1) is 17.1. The monoisotopic (exact) mass is 390 g/mol. The van der Waals surface area contributed by atoms with Gasteiger partial charge in [0.25, 0.3) is 11.6 Å². The number of aromatic nitrogens is 2. The molecule has 1 aromatic heterocycles. The molecule has 2 unspecified atom stereocenters. The SMILES string of the molecule is Cc1ccc(-[n+]2noc([O-])c2C2=NOC3C(=O)N(c4ccccc4)C(=O)C23)cc1. The number of amides is 2. The summed E-state index contributed by atoms with van der Waals surface area (Å²) in [6.07, 6.45) is -1.13. The standard InChI is InChI=1S/C20H14N4O5/c1-11-7-9-13(10-8-11)24-16(20(27)29-22-24)15-14-17(28-21-15)19(26)23(18(14)25)12-5-3-2-4-6-12/h2-10,14,17H,1H3. The molecule has 2 amide bonds. The van der Waals surface area contributed by atoms with E-state index in [4.69, 9.17) is 9.36 Å². The minimum absolute atomic E-state index is 0.0265. The first-order chi connectivity index (χ1) is 14.1. The number of carbonyl (C=O) groups is 2. The Balaban J connectivity index is 1.56. The molecule has 2 aliphatic rings. The molecule has 29 heavy (non-hydrogen) atoms. The molecule has 1 saturated heterocycles. The van der Waals surface area contributed by atoms with Gasteiger partial charge in [0.15, 0.2) is 11.7 Å². The first-order valence-corrected chi connectivity index (χ1v) is 8.89. The third-order valence-electron chi connectivity index (χ3n) is 4.96. The van der Waals surface area contributed by atoms with E-state index in [0.29, 0.717) is 11.4 Å². The molecule has 2 aromatic carbocycles. The molecule has 0 spiro atoms. The minimum Gasteiger partial charge on any atom is -0.539 e. The fraction of sp³-hybridized carbons (Fsp3) is 0.150. The summed E-state index contributed by atoms with van der Waals surface area (Å²) >= 11 is 0. The highest BCUT2D eigenvalue weighted by molar-refractivity contribution is 6.32. The van der Waals surface area contributed by atoms with Crippen LogP contribution in [0.15, 0.2) is 64.3 Å². The molecule has 3 heterocycles. The predicted octanol–water partition coefficient (Wildman–Crippen LogP) is 0.626. The molecule has 2 aliphatic heterocycles. The maximum atomic E-state index is 13.1. The van der Waals surface area contributed by atoms with E-state index in [0.717, 1.165) is 10.5 Å². The van der Waals surface area contributed by atoms with Crippen molar-refractivity contribution in [2.45, 2.75) is 13.0 Å². The number of anilines is 1. The van der Waals surface area contributed by atoms with Crippen LogP contribution >= 0.6 is 0 Å². The molecule has 9 nitrogen and oxygen atoms in total. The Hall–Kier alpha value is -4.01. The number of oxime groups is 1. The van der Waals surface area contributed by atoms with E-state index >= 15 is 0 Å². The molecule has 0 N–H and O–H groups in total. The maximum absolute atomic E-state index is 13.1. The zero-order valence-corrected chi connectivity index (χ0v) is 15.2. The summed E-state index contributed by atoms with van der Waals surface area (Å²) < 4.78 is 6.09. The summed E-state index contributed by atoms with van der Waals surface area (Å²) in [6, 6.07) is 15.7. The number of carbonyl (C=O) groups excluding carboxylic acids is 2. The second-order valence-electron chi connectivity index (χ2n) is 6.78. The Bertz CT molecular complexity index is 1150. The van der Waals surface area contributed by atoms with Crippen LogP contribution in [0.4, 0.5) is 5.69 Å². The molecule has 0 saturated carbocycles. The highest BCUT2D eigenvalue weighted by Crippen LogP contribution is 2.35. The van der Waals surface area contributed by atoms with E-state index in [1.807, 2.05) is 19.1 Å². The molecule has 5 rings (SSSR count). The van der Waals surface area contributed by atoms with Crippen LogP contribution in [0.2, 0.25) is 0 Å². The fourth-order valence-corrected chi connectivity index (χ4v) is 3.53. The molecule has 9 heteroatoms. The lowest BCUT2D eigenvalue weighted by atomic mass is 9.97. The molecular formula is C20H14N4O5. The molecule has 3 aromatic rings. The number of rotatable bonds is 3. The molecule has 0 radical (unpaired) electrons. The van der Waals surface area contributed by atoms with E-state index in [2.05, 4.69) is 10.4 Å². The number of imide groups is 1. The normalized spacial score (nSPS) is 20.6. The van der Waals surface area contributed by atoms with Gasteiger partial charge in [-0.1, -0.05) is 41.1 Å². The van der Waals surface area contributed by atoms with E-state index < -0.39 is 29.8 Å². The third-order valence-corrected chi connectivity index (χ3v) is 4.96. The van der Waals surface area contributed by atoms with Gasteiger partial charge in [-0.3, -0.25) is 9.59 Å². The van der Waals surface area contributed by atoms with Crippen molar-refractivity contribution in [3.05, 3.63) is 65.9 Å². The van der Waals surface area contributed by atoms with Crippen LogP contribution in [0.1, 0.15) is 11.3 Å². The van der Waals surface area contributed by atoms with Crippen LogP contribution in [-0.4, -0.2) is 28.9 Å². The lowest BCUT2D eigenvalue weighted by molar-refractivity contribution is -0.671. The van der Waals surface area contributed by atoms with E-state index in [1.165, 1.54) is 4.68 Å². The van der Waals surface area contributed by atoms with Gasteiger partial charge in [0, 0.05) is 12.1 Å². The van der Waals surface area contributed by atoms with Gasteiger partial charge in [-0.2, -0.15) is 0 Å². The Morgan fingerprint density at radius 3 is 2.48 bits per heavy atom. The van der Waals surface area contributed by atoms with Gasteiger partial charge in [-0.25, -0.2) is 4.90 Å². The van der Waals surface area contributed by atoms with Gasteiger partial charge >= 0.3 is 0 Å². The summed E-state index contributed by atoms with van der Waals surface area (Å²) in [4.78, 5) is 32.2. The van der Waals surface area contributed by atoms with E-state index in [1.54, 1.807) is 42.5 Å². The van der Waals surface area contributed by atoms with Gasteiger partial charge in [-0.15, -0.1) is 0 Å². The average Bonchev–Trinajstić information content (AvgIpc) is 3.38. The molecular weight excluding hydrogens is 376 g/mol. The van der Waals surface area contributed by atoms with Crippen molar-refractivity contribution in [3.63, 3.8) is 0 Å². The Morgan fingerprint density at radius 2 is 1.76 bits per heavy atom. The lowest BCUT2D eigenvalue weighted by Gasteiger charge is -2.14. The first-order valence-electron chi connectivity index (χ1n) is 8.89. The van der Waals surface area contributed by atoms with Crippen molar-refractivity contribution < 1.29 is 28.7 Å². The maximum Gasteiger partial charge on any atom is 0.289 e. The average molecular weight is 390 g/mol. The van der Waals surface area contributed by atoms with Crippen LogP contribution in [0, 0.1) is 12.8 Å². The van der Waals surface area contributed by atoms with Crippen LogP contribution in [0.3, 0.4) is 0 Å². The number of fused-ring (bicyclic) bond motifs is 1. The molecule has 0 bridgehead atoms. The van der Waals surface area contributed by atoms with Gasteiger partial charge in [0.1, 0.15) is 5.92 Å². The van der Waals surface area contributed by atoms with Crippen molar-refractivity contribution in [1.29, 1.82) is 0 Å². The zero-order chi connectivity index (χ0) is 20.1. The van der Waals surface area contributed by atoms with Gasteiger partial charge in [0.05, 0.1) is 11.0 Å². The number of hydrogen-bond acceptors (Lipinski definition) is 7. The largest absolute Gasteiger partial charge is 0.539 e. The summed E-state index contributed by atoms with van der Waals surface area (Å²) in [5.74, 6) is -2.87. The van der Waals surface area contributed by atoms with Crippen molar-refractivity contribution in [3.8, 4) is 11.6 Å². The quantitative estimate of drug-likeness (QED) is 0.479. The Kier molecular flexibility index (Phi) is 3.70. The number of aryl methyl sites for hydroxylation is 1. The number of para-hydroxylation sites is 1. The van der Waals surface area contributed by atoms with Crippen LogP contribution in [0.5, 0.6) is 5.95 Å². The predicted molar refractivity (Wildman–Crippen MR) is 96.1 cm³/mol. The minimum atomic E-state index is -1.13. The number of benzene rings is 2. The summed E-state index contributed by atoms with van der Waals surface area (Å²) in [5, 5.41) is 20.1. The van der Waals surface area contributed by atoms with Crippen molar-refractivity contribution in [2.75, 3.05) is 4.90 Å². The fourth-order valence-electron chi connectivity index (χ4n) is 3.53. The summed E-state index contributed by atoms with van der Waals surface area (Å²) in [5.41, 5.74) is 1.99. The third kappa shape index (κ3) is 2.51. The van der Waals surface area contributed by atoms with Crippen LogP contribution < -0.4 is 14.7 Å². The molecule has 2 atom stereocenters. The lowest BCUT2D eigenvalue weighted by Crippen LogP contribution is -2.42. The van der Waals surface area contributed by atoms with Gasteiger partial charge in [-0.05, 0) is 23.7 Å². The summed E-state index contributed by atoms with van der Waals surface area (Å²) in [6.45, 7) is 1.93. The van der Waals surface area contributed by atoms with Crippen molar-refractivity contribution in [1.82, 2.24) is 5.27 Å².